The van der Waals surface area contributed by atoms with Crippen LogP contribution in [0.1, 0.15) is 39.0 Å². The molecule has 0 aromatic heterocycles. The molecule has 1 rings (SSSR count). The second-order valence-electron chi connectivity index (χ2n) is 5.06. The Labute approximate surface area is 115 Å². The molecule has 19 heavy (non-hydrogen) atoms. The molecule has 0 atom stereocenters. The van der Waals surface area contributed by atoms with Crippen molar-refractivity contribution in [3.8, 4) is 0 Å². The summed E-state index contributed by atoms with van der Waals surface area (Å²) in [5.41, 5.74) is 0. The summed E-state index contributed by atoms with van der Waals surface area (Å²) in [4.78, 5) is 26.9. The molecule has 1 heterocycles. The SMILES string of the molecule is CCOC(=O)CCCCCN1CCCN(C)C(=O)C1. The molecule has 0 spiro atoms. The first-order valence-corrected chi connectivity index (χ1v) is 7.25. The smallest absolute Gasteiger partial charge is 0.305 e. The van der Waals surface area contributed by atoms with Crippen LogP contribution in [0.3, 0.4) is 0 Å². The molecule has 1 saturated heterocycles. The second kappa shape index (κ2) is 8.91. The van der Waals surface area contributed by atoms with Gasteiger partial charge in [-0.1, -0.05) is 6.42 Å². The molecule has 0 aromatic rings. The number of carbonyl (C=O) groups excluding carboxylic acids is 2. The van der Waals surface area contributed by atoms with Crippen molar-refractivity contribution in [3.05, 3.63) is 0 Å². The van der Waals surface area contributed by atoms with Crippen molar-refractivity contribution >= 4 is 11.9 Å². The van der Waals surface area contributed by atoms with Crippen LogP contribution in [0.15, 0.2) is 0 Å². The van der Waals surface area contributed by atoms with E-state index in [1.807, 2.05) is 14.0 Å². The zero-order valence-corrected chi connectivity index (χ0v) is 12.2. The molecule has 0 aliphatic carbocycles. The van der Waals surface area contributed by atoms with Crippen LogP contribution < -0.4 is 0 Å². The van der Waals surface area contributed by atoms with Crippen LogP contribution in [0, 0.1) is 0 Å². The van der Waals surface area contributed by atoms with E-state index in [4.69, 9.17) is 4.74 Å². The summed E-state index contributed by atoms with van der Waals surface area (Å²) >= 11 is 0. The maximum Gasteiger partial charge on any atom is 0.305 e. The molecule has 0 aromatic carbocycles. The van der Waals surface area contributed by atoms with Crippen LogP contribution in [0.5, 0.6) is 0 Å². The van der Waals surface area contributed by atoms with Crippen molar-refractivity contribution in [1.29, 1.82) is 0 Å². The number of esters is 1. The molecular formula is C14H26N2O3. The van der Waals surface area contributed by atoms with Gasteiger partial charge < -0.3 is 9.64 Å². The Hall–Kier alpha value is -1.10. The topological polar surface area (TPSA) is 49.9 Å². The van der Waals surface area contributed by atoms with Crippen molar-refractivity contribution in [1.82, 2.24) is 9.80 Å². The number of hydrogen-bond donors (Lipinski definition) is 0. The van der Waals surface area contributed by atoms with Crippen LogP contribution >= 0.6 is 0 Å². The molecule has 0 saturated carbocycles. The third-order valence-electron chi connectivity index (χ3n) is 3.41. The molecular weight excluding hydrogens is 244 g/mol. The fraction of sp³-hybridized carbons (Fsp3) is 0.857. The molecule has 5 heteroatoms. The first-order chi connectivity index (χ1) is 9.13. The maximum absolute atomic E-state index is 11.7. The lowest BCUT2D eigenvalue weighted by molar-refractivity contribution is -0.143. The molecule has 5 nitrogen and oxygen atoms in total. The van der Waals surface area contributed by atoms with E-state index in [1.165, 1.54) is 0 Å². The molecule has 0 unspecified atom stereocenters. The zero-order chi connectivity index (χ0) is 14.1. The highest BCUT2D eigenvalue weighted by Crippen LogP contribution is 2.07. The number of likely N-dealkylation sites (N-methyl/N-ethyl adjacent to an activating group) is 1. The first-order valence-electron chi connectivity index (χ1n) is 7.25. The Bertz CT molecular complexity index is 294. The maximum atomic E-state index is 11.7. The van der Waals surface area contributed by atoms with E-state index >= 15 is 0 Å². The molecule has 1 aliphatic heterocycles. The van der Waals surface area contributed by atoms with E-state index in [2.05, 4.69) is 4.90 Å². The third kappa shape index (κ3) is 6.57. The molecule has 0 radical (unpaired) electrons. The quantitative estimate of drug-likeness (QED) is 0.516. The molecule has 1 amide bonds. The van der Waals surface area contributed by atoms with Crippen molar-refractivity contribution in [2.75, 3.05) is 39.8 Å². The first kappa shape index (κ1) is 16.0. The largest absolute Gasteiger partial charge is 0.466 e. The van der Waals surface area contributed by atoms with Gasteiger partial charge >= 0.3 is 5.97 Å². The van der Waals surface area contributed by atoms with E-state index in [0.29, 0.717) is 19.6 Å². The molecule has 0 N–H and O–H groups in total. The van der Waals surface area contributed by atoms with Crippen LogP contribution in [-0.4, -0.2) is 61.5 Å². The Morgan fingerprint density at radius 2 is 2.05 bits per heavy atom. The minimum atomic E-state index is -0.103. The van der Waals surface area contributed by atoms with Gasteiger partial charge in [-0.25, -0.2) is 0 Å². The number of carbonyl (C=O) groups is 2. The number of unbranched alkanes of at least 4 members (excludes halogenated alkanes) is 2. The van der Waals surface area contributed by atoms with Gasteiger partial charge in [0.25, 0.3) is 0 Å². The average molecular weight is 270 g/mol. The van der Waals surface area contributed by atoms with E-state index < -0.39 is 0 Å². The summed E-state index contributed by atoms with van der Waals surface area (Å²) in [6.07, 6.45) is 4.48. The monoisotopic (exact) mass is 270 g/mol. The Kier molecular flexibility index (Phi) is 7.48. The summed E-state index contributed by atoms with van der Waals surface area (Å²) in [5.74, 6) is 0.109. The van der Waals surface area contributed by atoms with Gasteiger partial charge in [0.2, 0.25) is 5.91 Å². The number of rotatable bonds is 7. The van der Waals surface area contributed by atoms with E-state index in [0.717, 1.165) is 45.3 Å². The Morgan fingerprint density at radius 3 is 2.79 bits per heavy atom. The van der Waals surface area contributed by atoms with Gasteiger partial charge in [0.15, 0.2) is 0 Å². The van der Waals surface area contributed by atoms with Crippen molar-refractivity contribution in [2.45, 2.75) is 39.0 Å². The standard InChI is InChI=1S/C14H26N2O3/c1-3-19-14(18)8-5-4-6-10-16-11-7-9-15(2)13(17)12-16/h3-12H2,1-2H3. The lowest BCUT2D eigenvalue weighted by Gasteiger charge is -2.18. The molecule has 1 fully saturated rings. The van der Waals surface area contributed by atoms with Gasteiger partial charge in [-0.3, -0.25) is 14.5 Å². The summed E-state index contributed by atoms with van der Waals surface area (Å²) in [7, 11) is 1.87. The lowest BCUT2D eigenvalue weighted by atomic mass is 10.2. The van der Waals surface area contributed by atoms with E-state index in [1.54, 1.807) is 4.90 Å². The normalized spacial score (nSPS) is 17.4. The van der Waals surface area contributed by atoms with Crippen LogP contribution in [0.25, 0.3) is 0 Å². The summed E-state index contributed by atoms with van der Waals surface area (Å²) in [6.45, 7) is 5.62. The van der Waals surface area contributed by atoms with Gasteiger partial charge in [-0.05, 0) is 32.7 Å². The average Bonchev–Trinajstić information content (AvgIpc) is 2.52. The highest BCUT2D eigenvalue weighted by molar-refractivity contribution is 5.78. The fourth-order valence-electron chi connectivity index (χ4n) is 2.25. The predicted octanol–water partition coefficient (Wildman–Crippen LogP) is 1.27. The van der Waals surface area contributed by atoms with E-state index in [9.17, 15) is 9.59 Å². The van der Waals surface area contributed by atoms with Crippen LogP contribution in [0.2, 0.25) is 0 Å². The van der Waals surface area contributed by atoms with Gasteiger partial charge in [-0.15, -0.1) is 0 Å². The van der Waals surface area contributed by atoms with Gasteiger partial charge in [0.1, 0.15) is 0 Å². The Balaban J connectivity index is 2.08. The number of hydrogen-bond acceptors (Lipinski definition) is 4. The second-order valence-corrected chi connectivity index (χ2v) is 5.06. The minimum Gasteiger partial charge on any atom is -0.466 e. The summed E-state index contributed by atoms with van der Waals surface area (Å²) < 4.78 is 4.88. The number of ether oxygens (including phenoxy) is 1. The number of nitrogens with zero attached hydrogens (tertiary/aromatic N) is 2. The third-order valence-corrected chi connectivity index (χ3v) is 3.41. The van der Waals surface area contributed by atoms with Crippen LogP contribution in [0.4, 0.5) is 0 Å². The van der Waals surface area contributed by atoms with Crippen molar-refractivity contribution < 1.29 is 14.3 Å². The van der Waals surface area contributed by atoms with Gasteiger partial charge in [0.05, 0.1) is 13.2 Å². The van der Waals surface area contributed by atoms with Crippen molar-refractivity contribution in [2.24, 2.45) is 0 Å². The highest BCUT2D eigenvalue weighted by atomic mass is 16.5. The lowest BCUT2D eigenvalue weighted by Crippen LogP contribution is -2.34. The number of amides is 1. The minimum absolute atomic E-state index is 0.103. The molecule has 1 aliphatic rings. The zero-order valence-electron chi connectivity index (χ0n) is 12.2. The van der Waals surface area contributed by atoms with Gasteiger partial charge in [-0.2, -0.15) is 0 Å². The fourth-order valence-corrected chi connectivity index (χ4v) is 2.25. The highest BCUT2D eigenvalue weighted by Gasteiger charge is 2.18. The summed E-state index contributed by atoms with van der Waals surface area (Å²) in [6, 6.07) is 0. The van der Waals surface area contributed by atoms with Crippen molar-refractivity contribution in [3.63, 3.8) is 0 Å². The van der Waals surface area contributed by atoms with Crippen LogP contribution in [-0.2, 0) is 14.3 Å². The Morgan fingerprint density at radius 1 is 1.26 bits per heavy atom. The van der Waals surface area contributed by atoms with E-state index in [-0.39, 0.29) is 11.9 Å². The van der Waals surface area contributed by atoms with Gasteiger partial charge in [0, 0.05) is 26.6 Å². The molecule has 0 bridgehead atoms. The summed E-state index contributed by atoms with van der Waals surface area (Å²) in [5, 5.41) is 0. The predicted molar refractivity (Wildman–Crippen MR) is 73.8 cm³/mol. The molecule has 110 valence electrons.